The van der Waals surface area contributed by atoms with Crippen LogP contribution in [0.3, 0.4) is 0 Å². The summed E-state index contributed by atoms with van der Waals surface area (Å²) >= 11 is 13.7. The Bertz CT molecular complexity index is 3370. The maximum Gasteiger partial charge on any atom is 0.330 e. The molecule has 11 bridgehead atoms. The lowest BCUT2D eigenvalue weighted by Gasteiger charge is -2.31. The first-order valence-electron chi connectivity index (χ1n) is 24.7. The number of rotatable bonds is 9. The molecule has 0 aromatic heterocycles. The van der Waals surface area contributed by atoms with Crippen molar-refractivity contribution < 1.29 is 78.1 Å². The first-order valence-corrected chi connectivity index (χ1v) is 25.4. The molecule has 0 aliphatic carbocycles. The number of aromatic hydroxyl groups is 3. The molecular weight excluding hydrogens is 1100 g/mol. The summed E-state index contributed by atoms with van der Waals surface area (Å²) in [5.74, 6) is -12.4. The highest BCUT2D eigenvalue weighted by Crippen LogP contribution is 2.48. The predicted molar refractivity (Wildman–Crippen MR) is 290 cm³/mol. The minimum absolute atomic E-state index is 0. The summed E-state index contributed by atoms with van der Waals surface area (Å²) in [7, 11) is 2.82. The van der Waals surface area contributed by atoms with Gasteiger partial charge in [-0.3, -0.25) is 33.6 Å². The van der Waals surface area contributed by atoms with Crippen molar-refractivity contribution in [1.82, 2.24) is 37.2 Å². The molecule has 0 saturated heterocycles. The second-order valence-electron chi connectivity index (χ2n) is 19.5. The summed E-state index contributed by atoms with van der Waals surface area (Å²) in [4.78, 5) is 114. The van der Waals surface area contributed by atoms with Crippen molar-refractivity contribution in [2.75, 3.05) is 14.2 Å². The molecule has 0 saturated carbocycles. The average molecular weight is 1150 g/mol. The van der Waals surface area contributed by atoms with Crippen LogP contribution in [0.25, 0.3) is 11.1 Å². The lowest BCUT2D eigenvalue weighted by Crippen LogP contribution is -2.58. The molecule has 8 atom stereocenters. The van der Waals surface area contributed by atoms with Crippen molar-refractivity contribution in [3.05, 3.63) is 117 Å². The third kappa shape index (κ3) is 13.0. The summed E-state index contributed by atoms with van der Waals surface area (Å²) in [6.45, 7) is 3.79. The molecule has 7 amide bonds. The molecule has 14 N–H and O–H groups in total. The molecule has 1 unspecified atom stereocenters. The highest BCUT2D eigenvalue weighted by atomic mass is 35.5. The van der Waals surface area contributed by atoms with Crippen LogP contribution in [0.4, 0.5) is 0 Å². The quantitative estimate of drug-likeness (QED) is 0.0944. The number of methoxy groups -OCH3 is 1. The molecule has 81 heavy (non-hydrogen) atoms. The van der Waals surface area contributed by atoms with E-state index in [1.807, 2.05) is 13.8 Å². The van der Waals surface area contributed by atoms with Crippen LogP contribution in [0.2, 0.25) is 10.0 Å². The summed E-state index contributed by atoms with van der Waals surface area (Å²) < 4.78 is 18.6. The summed E-state index contributed by atoms with van der Waals surface area (Å²) in [6, 6.07) is 3.15. The summed E-state index contributed by atoms with van der Waals surface area (Å²) in [5.41, 5.74) is 4.15. The molecule has 5 aliphatic rings. The number of primary amides is 1. The largest absolute Gasteiger partial charge is 0.508 e. The van der Waals surface area contributed by atoms with Gasteiger partial charge in [-0.1, -0.05) is 55.2 Å². The number of carbonyl (C=O) groups is 8. The van der Waals surface area contributed by atoms with Crippen molar-refractivity contribution in [3.63, 3.8) is 0 Å². The zero-order valence-corrected chi connectivity index (χ0v) is 45.0. The van der Waals surface area contributed by atoms with E-state index in [-0.39, 0.29) is 81.8 Å². The number of halogens is 2. The molecule has 24 nitrogen and oxygen atoms in total. The van der Waals surface area contributed by atoms with Crippen molar-refractivity contribution >= 4 is 78.9 Å². The van der Waals surface area contributed by atoms with E-state index in [1.54, 1.807) is 13.1 Å². The van der Waals surface area contributed by atoms with Crippen LogP contribution in [0.5, 0.6) is 46.0 Å². The van der Waals surface area contributed by atoms with Crippen molar-refractivity contribution in [2.24, 2.45) is 11.7 Å². The number of benzene rings is 5. The van der Waals surface area contributed by atoms with E-state index in [0.29, 0.717) is 12.0 Å². The second kappa shape index (κ2) is 24.7. The minimum Gasteiger partial charge on any atom is -0.508 e. The van der Waals surface area contributed by atoms with Gasteiger partial charge in [-0.15, -0.1) is 0 Å². The molecule has 0 spiro atoms. The van der Waals surface area contributed by atoms with E-state index < -0.39 is 131 Å². The van der Waals surface area contributed by atoms with Crippen LogP contribution in [0.1, 0.15) is 78.7 Å². The fourth-order valence-electron chi connectivity index (χ4n) is 9.50. The van der Waals surface area contributed by atoms with Crippen LogP contribution >= 0.6 is 23.2 Å². The Hall–Kier alpha value is -8.78. The first kappa shape index (κ1) is 59.9. The average Bonchev–Trinajstić information content (AvgIpc) is 3.52. The first-order chi connectivity index (χ1) is 37.9. The van der Waals surface area contributed by atoms with Gasteiger partial charge < -0.3 is 82.7 Å². The number of hydrogen-bond donors (Lipinski definition) is 13. The third-order valence-electron chi connectivity index (χ3n) is 13.4. The van der Waals surface area contributed by atoms with Gasteiger partial charge in [0.25, 0.3) is 0 Å². The maximum absolute atomic E-state index is 15.5. The summed E-state index contributed by atoms with van der Waals surface area (Å²) in [5, 5.41) is 73.5. The number of ether oxygens (including phenoxy) is 3. The second-order valence-corrected chi connectivity index (χ2v) is 20.3. The van der Waals surface area contributed by atoms with E-state index in [2.05, 4.69) is 37.2 Å². The zero-order valence-electron chi connectivity index (χ0n) is 43.5. The Morgan fingerprint density at radius 3 is 1.95 bits per heavy atom. The maximum atomic E-state index is 15.5. The van der Waals surface area contributed by atoms with Gasteiger partial charge in [0.2, 0.25) is 47.1 Å². The number of aliphatic hydroxyl groups is 1. The molecular formula is C54H54BCl2N8O16. The topological polar surface area (TPSA) is 376 Å². The number of likely N-dealkylation sites (N-methyl/N-ethyl adjacent to an activating group) is 1. The number of nitrogens with two attached hydrogens (primary N) is 1. The molecule has 5 aliphatic heterocycles. The molecule has 27 heteroatoms. The molecule has 5 aromatic carbocycles. The number of phenols is 3. The van der Waals surface area contributed by atoms with Gasteiger partial charge in [0.05, 0.1) is 29.6 Å². The monoisotopic (exact) mass is 1150 g/mol. The fraction of sp³-hybridized carbons (Fsp3) is 0.296. The van der Waals surface area contributed by atoms with Crippen LogP contribution in [0.15, 0.2) is 78.9 Å². The van der Waals surface area contributed by atoms with Crippen molar-refractivity contribution in [1.29, 1.82) is 0 Å². The normalized spacial score (nSPS) is 21.2. The van der Waals surface area contributed by atoms with Gasteiger partial charge in [0.1, 0.15) is 65.1 Å². The lowest BCUT2D eigenvalue weighted by molar-refractivity contribution is -0.143. The SMILES string of the molecule is CN[C@H](CC(C)C)C(=O)N[C@@H]1Cc2ccc(c(Cl)c2)Oc2cc3cc(c2OC)Oc2ccc(cc2Cl)[C@@H](O)[C@H]2NC(=O)C(NC(=O)[C@@H]3NC(=O)[C@H](CC(N)=O)NC1=O)c1ccc(O)c(c1)-c1c(O)cc(O)cc1[C@@H](C(=O)O)NC2=O.[B]. The number of carboxylic acid groups (broad SMARTS) is 1. The lowest BCUT2D eigenvalue weighted by atomic mass is 9.89. The Morgan fingerprint density at radius 1 is 0.728 bits per heavy atom. The van der Waals surface area contributed by atoms with Crippen LogP contribution < -0.4 is 57.2 Å². The fourth-order valence-corrected chi connectivity index (χ4v) is 9.97. The van der Waals surface area contributed by atoms with E-state index in [1.165, 1.54) is 49.6 Å². The number of nitrogens with one attached hydrogen (secondary N) is 7. The Balaban J connectivity index is 0.00000946. The summed E-state index contributed by atoms with van der Waals surface area (Å²) in [6.07, 6.45) is -2.81. The number of hydrogen-bond acceptors (Lipinski definition) is 16. The minimum atomic E-state index is -2.15. The number of carbonyl (C=O) groups excluding carboxylic acids is 7. The number of phenolic OH excluding ortho intramolecular Hbond substituents is 3. The van der Waals surface area contributed by atoms with E-state index in [0.717, 1.165) is 30.3 Å². The number of amides is 7. The smallest absolute Gasteiger partial charge is 0.330 e. The van der Waals surface area contributed by atoms with Gasteiger partial charge in [0, 0.05) is 37.6 Å². The molecule has 5 heterocycles. The van der Waals surface area contributed by atoms with Gasteiger partial charge in [-0.05, 0) is 96.2 Å². The Labute approximate surface area is 473 Å². The van der Waals surface area contributed by atoms with E-state index in [9.17, 15) is 54.3 Å². The standard InChI is InChI=1S/C54H54Cl2N8O16.B/c1-21(2)11-31(58-3)48(70)59-32-13-22-5-9-36(29(55)12-22)79-38-16-25-17-39(47(38)78-4)80-37-10-7-24(15-30(37)56)46(69)45-53(75)63-44(54(76)77)28-18-26(65)19-35(67)41(28)27-14-23(6-8-34(27)66)42(51(73)64-45)62-52(74)43(25)61-50(72)33(20-40(57)68)60-49(32)71;/h5-10,12,14-19,21,31-33,42-46,58,65-67,69H,11,13,20H2,1-4H3,(H2,57,68)(H,59,70)(H,60,71)(H,61,72)(H,62,74)(H,63,75)(H,64,73)(H,76,77);/t31-,32-,33+,42?,43-,44+,45-,46-;/m1./s1. The van der Waals surface area contributed by atoms with E-state index in [4.69, 9.17) is 43.1 Å². The van der Waals surface area contributed by atoms with E-state index >= 15 is 9.59 Å². The molecule has 5 aromatic rings. The van der Waals surface area contributed by atoms with Gasteiger partial charge in [0.15, 0.2) is 17.5 Å². The molecule has 10 rings (SSSR count). The molecule has 0 fully saturated rings. The predicted octanol–water partition coefficient (Wildman–Crippen LogP) is 2.83. The van der Waals surface area contributed by atoms with Gasteiger partial charge in [-0.25, -0.2) is 4.79 Å². The highest BCUT2D eigenvalue weighted by molar-refractivity contribution is 6.32. The number of aliphatic carboxylic acids is 1. The van der Waals surface area contributed by atoms with Crippen molar-refractivity contribution in [3.8, 4) is 57.1 Å². The van der Waals surface area contributed by atoms with Crippen molar-refractivity contribution in [2.45, 2.75) is 81.5 Å². The number of fused-ring (bicyclic) bond motifs is 15. The van der Waals surface area contributed by atoms with Crippen LogP contribution in [0, 0.1) is 5.92 Å². The Morgan fingerprint density at radius 2 is 1.35 bits per heavy atom. The molecule has 423 valence electrons. The highest BCUT2D eigenvalue weighted by Gasteiger charge is 2.41. The molecule has 3 radical (unpaired) electrons. The van der Waals surface area contributed by atoms with Crippen LogP contribution in [-0.4, -0.2) is 120 Å². The number of aliphatic hydroxyl groups excluding tert-OH is 1. The third-order valence-corrected chi connectivity index (χ3v) is 14.0. The Kier molecular flexibility index (Phi) is 18.3. The zero-order chi connectivity index (χ0) is 58.0. The van der Waals surface area contributed by atoms with Gasteiger partial charge >= 0.3 is 5.97 Å². The van der Waals surface area contributed by atoms with Crippen LogP contribution in [-0.2, 0) is 44.8 Å². The number of carboxylic acids is 1. The van der Waals surface area contributed by atoms with Gasteiger partial charge in [-0.2, -0.15) is 0 Å².